The number of sulfonamides is 1. The summed E-state index contributed by atoms with van der Waals surface area (Å²) in [7, 11) is -3.67. The van der Waals surface area contributed by atoms with Crippen molar-refractivity contribution in [2.24, 2.45) is 22.3 Å². The lowest BCUT2D eigenvalue weighted by Gasteiger charge is -2.22. The number of benzene rings is 1. The smallest absolute Gasteiger partial charge is 0.200 e. The molecular formula is C16H22N2O2S. The maximum absolute atomic E-state index is 12.3. The Bertz CT molecular complexity index is 725. The third kappa shape index (κ3) is 2.48. The first-order chi connectivity index (χ1) is 10.2. The topological polar surface area (TPSA) is 58.5 Å². The van der Waals surface area contributed by atoms with Crippen LogP contribution in [0, 0.1) is 24.2 Å². The highest BCUT2D eigenvalue weighted by Crippen LogP contribution is 2.55. The van der Waals surface area contributed by atoms with Gasteiger partial charge >= 0.3 is 0 Å². The van der Waals surface area contributed by atoms with Crippen molar-refractivity contribution in [3.05, 3.63) is 29.8 Å². The zero-order chi connectivity index (χ0) is 16.2. The van der Waals surface area contributed by atoms with Gasteiger partial charge in [-0.1, -0.05) is 31.5 Å². The molecule has 114 valence electrons. The summed E-state index contributed by atoms with van der Waals surface area (Å²) in [5.41, 5.74) is 1.54. The predicted molar refractivity (Wildman–Crippen MR) is 83.5 cm³/mol. The van der Waals surface area contributed by atoms with Gasteiger partial charge in [-0.3, -0.25) is 0 Å². The van der Waals surface area contributed by atoms with Crippen LogP contribution in [0.4, 0.5) is 0 Å². The highest BCUT2D eigenvalue weighted by molar-refractivity contribution is 7.89. The van der Waals surface area contributed by atoms with Gasteiger partial charge in [0.15, 0.2) is 0 Å². The molecule has 1 N–H and O–H groups in total. The van der Waals surface area contributed by atoms with Crippen LogP contribution in [0.2, 0.25) is 0 Å². The first-order valence-electron chi connectivity index (χ1n) is 7.82. The van der Waals surface area contributed by atoms with Gasteiger partial charge in [0.05, 0.1) is 4.90 Å². The van der Waals surface area contributed by atoms with Crippen molar-refractivity contribution in [3.63, 3.8) is 0 Å². The normalized spacial score (nSPS) is 33.2. The van der Waals surface area contributed by atoms with Crippen LogP contribution in [0.1, 0.15) is 40.0 Å². The van der Waals surface area contributed by atoms with Gasteiger partial charge < -0.3 is 0 Å². The van der Waals surface area contributed by atoms with Gasteiger partial charge in [-0.25, -0.2) is 4.83 Å². The fourth-order valence-corrected chi connectivity index (χ4v) is 4.31. The molecule has 21 heavy (non-hydrogen) atoms. The lowest BCUT2D eigenvalue weighted by atomic mass is 9.82. The van der Waals surface area contributed by atoms with E-state index in [1.807, 2.05) is 6.92 Å². The zero-order valence-electron chi connectivity index (χ0n) is 13.7. The van der Waals surface area contributed by atoms with E-state index in [4.69, 9.17) is 1.37 Å². The number of hydrazone groups is 1. The van der Waals surface area contributed by atoms with Crippen LogP contribution in [0.3, 0.4) is 0 Å². The minimum atomic E-state index is -3.67. The second-order valence-electron chi connectivity index (χ2n) is 6.61. The van der Waals surface area contributed by atoms with Crippen molar-refractivity contribution < 1.29 is 9.79 Å². The van der Waals surface area contributed by atoms with Crippen LogP contribution in [0.5, 0.6) is 0 Å². The third-order valence-corrected chi connectivity index (χ3v) is 6.19. The van der Waals surface area contributed by atoms with Crippen molar-refractivity contribution >= 4 is 15.7 Å². The highest BCUT2D eigenvalue weighted by atomic mass is 32.2. The van der Waals surface area contributed by atoms with Gasteiger partial charge in [0.1, 0.15) is 0 Å². The van der Waals surface area contributed by atoms with Gasteiger partial charge in [-0.15, -0.1) is 0 Å². The monoisotopic (exact) mass is 307 g/mol. The Kier molecular flexibility index (Phi) is 3.06. The number of nitrogens with zero attached hydrogens (tertiary/aromatic N) is 1. The number of fused-ring (bicyclic) bond motifs is 2. The predicted octanol–water partition coefficient (Wildman–Crippen LogP) is 3.09. The van der Waals surface area contributed by atoms with E-state index in [2.05, 4.69) is 23.8 Å². The van der Waals surface area contributed by atoms with Crippen molar-refractivity contribution in [2.45, 2.75) is 44.9 Å². The molecule has 0 heterocycles. The fourth-order valence-electron chi connectivity index (χ4n) is 3.48. The molecule has 0 aromatic heterocycles. The van der Waals surface area contributed by atoms with Crippen molar-refractivity contribution in [1.29, 1.82) is 0 Å². The van der Waals surface area contributed by atoms with Crippen LogP contribution in [0.25, 0.3) is 0 Å². The largest absolute Gasteiger partial charge is 0.276 e. The Labute approximate surface area is 128 Å². The van der Waals surface area contributed by atoms with E-state index in [0.29, 0.717) is 18.1 Å². The van der Waals surface area contributed by atoms with Crippen LogP contribution in [-0.2, 0) is 10.0 Å². The fraction of sp³-hybridized carbons (Fsp3) is 0.562. The Morgan fingerprint density at radius 1 is 1.29 bits per heavy atom. The van der Waals surface area contributed by atoms with E-state index < -0.39 is 15.9 Å². The molecule has 4 nitrogen and oxygen atoms in total. The summed E-state index contributed by atoms with van der Waals surface area (Å²) in [5, 5.41) is 4.13. The summed E-state index contributed by atoms with van der Waals surface area (Å²) in [6, 6.07) is 6.65. The molecular weight excluding hydrogens is 284 g/mol. The molecule has 2 bridgehead atoms. The molecule has 2 aliphatic carbocycles. The van der Waals surface area contributed by atoms with Crippen molar-refractivity contribution in [3.8, 4) is 0 Å². The van der Waals surface area contributed by atoms with E-state index in [1.54, 1.807) is 24.3 Å². The van der Waals surface area contributed by atoms with E-state index in [0.717, 1.165) is 18.4 Å². The minimum Gasteiger partial charge on any atom is -0.200 e. The molecule has 0 aliphatic heterocycles. The number of aryl methyl sites for hydroxylation is 1. The molecule has 0 saturated heterocycles. The number of nitrogens with one attached hydrogen (secondary N) is 1. The number of hydrogen-bond donors (Lipinski definition) is 1. The van der Waals surface area contributed by atoms with E-state index in [9.17, 15) is 8.42 Å². The van der Waals surface area contributed by atoms with E-state index in [1.165, 1.54) is 0 Å². The van der Waals surface area contributed by atoms with E-state index >= 15 is 0 Å². The summed E-state index contributed by atoms with van der Waals surface area (Å²) in [4.78, 5) is 2.52. The van der Waals surface area contributed by atoms with Crippen molar-refractivity contribution in [2.75, 3.05) is 0 Å². The second kappa shape index (κ2) is 4.83. The zero-order valence-corrected chi connectivity index (χ0v) is 13.5. The lowest BCUT2D eigenvalue weighted by molar-refractivity contribution is 0.270. The van der Waals surface area contributed by atoms with Gasteiger partial charge in [0.25, 0.3) is 10.0 Å². The molecule has 2 atom stereocenters. The SMILES string of the molecule is [2H]C12CCC(C/C1=N\NS(=O)(=O)c1ccc(C)cc1)C2(C)C. The molecule has 2 saturated carbocycles. The Balaban J connectivity index is 1.85. The molecule has 0 spiro atoms. The van der Waals surface area contributed by atoms with Gasteiger partial charge in [-0.05, 0) is 49.7 Å². The summed E-state index contributed by atoms with van der Waals surface area (Å²) in [5.74, 6) is -0.319. The molecule has 2 aliphatic rings. The minimum absolute atomic E-state index is 0.138. The molecule has 2 fully saturated rings. The molecule has 3 rings (SSSR count). The summed E-state index contributed by atoms with van der Waals surface area (Å²) >= 11 is 0. The maximum atomic E-state index is 12.3. The Morgan fingerprint density at radius 2 is 1.95 bits per heavy atom. The molecule has 0 radical (unpaired) electrons. The first kappa shape index (κ1) is 13.3. The number of hydrogen-bond acceptors (Lipinski definition) is 3. The quantitative estimate of drug-likeness (QED) is 0.872. The molecule has 1 aromatic rings. The summed E-state index contributed by atoms with van der Waals surface area (Å²) in [6.45, 7) is 6.09. The van der Waals surface area contributed by atoms with Gasteiger partial charge in [0.2, 0.25) is 0 Å². The maximum Gasteiger partial charge on any atom is 0.276 e. The second-order valence-corrected chi connectivity index (χ2v) is 8.27. The number of rotatable bonds is 3. The highest BCUT2D eigenvalue weighted by Gasteiger charge is 2.51. The van der Waals surface area contributed by atoms with E-state index in [-0.39, 0.29) is 10.3 Å². The summed E-state index contributed by atoms with van der Waals surface area (Å²) in [6.07, 6.45) is 2.50. The van der Waals surface area contributed by atoms with Gasteiger partial charge in [0, 0.05) is 13.0 Å². The van der Waals surface area contributed by atoms with Crippen LogP contribution in [0.15, 0.2) is 34.3 Å². The van der Waals surface area contributed by atoms with Gasteiger partial charge in [-0.2, -0.15) is 13.5 Å². The summed E-state index contributed by atoms with van der Waals surface area (Å²) < 4.78 is 33.3. The van der Waals surface area contributed by atoms with Crippen LogP contribution >= 0.6 is 0 Å². The Morgan fingerprint density at radius 3 is 2.48 bits per heavy atom. The van der Waals surface area contributed by atoms with Crippen molar-refractivity contribution in [1.82, 2.24) is 4.83 Å². The van der Waals surface area contributed by atoms with Crippen LogP contribution in [-0.4, -0.2) is 14.1 Å². The first-order valence-corrected chi connectivity index (χ1v) is 8.81. The lowest BCUT2D eigenvalue weighted by Crippen LogP contribution is -2.24. The third-order valence-electron chi connectivity index (χ3n) is 4.96. The average molecular weight is 307 g/mol. The Hall–Kier alpha value is -1.36. The average Bonchev–Trinajstić information content (AvgIpc) is 2.78. The molecule has 0 amide bonds. The van der Waals surface area contributed by atoms with Crippen LogP contribution < -0.4 is 4.83 Å². The molecule has 2 unspecified atom stereocenters. The standard InChI is InChI=1S/C16H22N2O2S/c1-11-4-7-13(8-5-11)21(19,20)18-17-15-10-12-6-9-14(15)16(12,2)3/h4-5,7-8,12,14,18H,6,9-10H2,1-3H3/b17-15+/i14D. The molecule has 5 heteroatoms. The molecule has 1 aromatic carbocycles.